The van der Waals surface area contributed by atoms with Crippen molar-refractivity contribution < 1.29 is 29.0 Å². The molecule has 3 rings (SSSR count). The number of aliphatic carboxylic acids is 1. The molecule has 0 saturated heterocycles. The van der Waals surface area contributed by atoms with Gasteiger partial charge in [0.15, 0.2) is 0 Å². The first-order valence-electron chi connectivity index (χ1n) is 10.3. The Kier molecular flexibility index (Phi) is 7.49. The number of carboxylic acids is 1. The van der Waals surface area contributed by atoms with Gasteiger partial charge in [-0.1, -0.05) is 61.2 Å². The summed E-state index contributed by atoms with van der Waals surface area (Å²) < 4.78 is 10.3. The number of alkyl carbamates (subject to hydrolysis) is 1. The molecular weight excluding hydrogens is 412 g/mol. The molecule has 1 aliphatic carbocycles. The molecule has 168 valence electrons. The molecule has 1 aliphatic rings. The Labute approximate surface area is 186 Å². The minimum Gasteiger partial charge on any atom is -0.480 e. The molecule has 0 unspecified atom stereocenters. The fourth-order valence-corrected chi connectivity index (χ4v) is 3.80. The molecule has 2 amide bonds. The maximum atomic E-state index is 12.6. The molecule has 0 fully saturated rings. The molecule has 2 aromatic rings. The molecule has 8 heteroatoms. The van der Waals surface area contributed by atoms with Crippen molar-refractivity contribution in [1.82, 2.24) is 10.2 Å². The highest BCUT2D eigenvalue weighted by Gasteiger charge is 2.31. The summed E-state index contributed by atoms with van der Waals surface area (Å²) >= 11 is 0. The first-order chi connectivity index (χ1) is 15.4. The number of nitrogens with one attached hydrogen (secondary N) is 1. The second-order valence-corrected chi connectivity index (χ2v) is 7.37. The van der Waals surface area contributed by atoms with E-state index in [1.807, 2.05) is 48.5 Å². The van der Waals surface area contributed by atoms with Crippen LogP contribution in [-0.2, 0) is 14.3 Å². The van der Waals surface area contributed by atoms with Crippen molar-refractivity contribution in [2.45, 2.75) is 18.4 Å². The average Bonchev–Trinajstić information content (AvgIpc) is 3.12. The van der Waals surface area contributed by atoms with Crippen molar-refractivity contribution in [3.8, 4) is 11.1 Å². The lowest BCUT2D eigenvalue weighted by atomic mass is 9.98. The zero-order valence-electron chi connectivity index (χ0n) is 17.8. The zero-order valence-corrected chi connectivity index (χ0v) is 17.8. The lowest BCUT2D eigenvalue weighted by Crippen LogP contribution is -2.45. The summed E-state index contributed by atoms with van der Waals surface area (Å²) in [6, 6.07) is 14.8. The van der Waals surface area contributed by atoms with Gasteiger partial charge in [-0.15, -0.1) is 0 Å². The second-order valence-electron chi connectivity index (χ2n) is 7.37. The fourth-order valence-electron chi connectivity index (χ4n) is 3.80. The summed E-state index contributed by atoms with van der Waals surface area (Å²) in [6.07, 6.45) is -0.00428. The van der Waals surface area contributed by atoms with Crippen LogP contribution >= 0.6 is 0 Å². The van der Waals surface area contributed by atoms with Crippen LogP contribution < -0.4 is 5.32 Å². The first-order valence-corrected chi connectivity index (χ1v) is 10.3. The average molecular weight is 438 g/mol. The van der Waals surface area contributed by atoms with E-state index in [1.54, 1.807) is 0 Å². The van der Waals surface area contributed by atoms with Crippen molar-refractivity contribution in [1.29, 1.82) is 0 Å². The largest absolute Gasteiger partial charge is 0.480 e. The predicted molar refractivity (Wildman–Crippen MR) is 118 cm³/mol. The van der Waals surface area contributed by atoms with Crippen LogP contribution in [0.1, 0.15) is 23.5 Å². The van der Waals surface area contributed by atoms with Gasteiger partial charge >= 0.3 is 18.2 Å². The molecule has 0 aromatic heterocycles. The molecule has 0 bridgehead atoms. The Morgan fingerprint density at radius 3 is 2.25 bits per heavy atom. The van der Waals surface area contributed by atoms with Crippen LogP contribution in [0.4, 0.5) is 9.59 Å². The molecule has 8 nitrogen and oxygen atoms in total. The number of carbonyl (C=O) groups is 3. The third-order valence-electron chi connectivity index (χ3n) is 5.40. The van der Waals surface area contributed by atoms with Crippen molar-refractivity contribution >= 4 is 18.2 Å². The molecule has 0 aliphatic heterocycles. The maximum absolute atomic E-state index is 12.6. The summed E-state index contributed by atoms with van der Waals surface area (Å²) in [5.74, 6) is -1.31. The van der Waals surface area contributed by atoms with Gasteiger partial charge in [-0.2, -0.15) is 0 Å². The number of ether oxygens (including phenoxy) is 2. The van der Waals surface area contributed by atoms with Crippen LogP contribution in [-0.4, -0.2) is 61.0 Å². The van der Waals surface area contributed by atoms with E-state index >= 15 is 0 Å². The van der Waals surface area contributed by atoms with E-state index in [2.05, 4.69) is 11.9 Å². The topological polar surface area (TPSA) is 105 Å². The van der Waals surface area contributed by atoms with Crippen molar-refractivity contribution in [3.63, 3.8) is 0 Å². The van der Waals surface area contributed by atoms with Crippen LogP contribution in [0.5, 0.6) is 0 Å². The van der Waals surface area contributed by atoms with E-state index < -0.39 is 24.2 Å². The number of amides is 2. The number of fused-ring (bicyclic) bond motifs is 3. The maximum Gasteiger partial charge on any atom is 0.410 e. The van der Waals surface area contributed by atoms with Gasteiger partial charge in [-0.05, 0) is 28.7 Å². The van der Waals surface area contributed by atoms with Gasteiger partial charge in [-0.3, -0.25) is 4.90 Å². The van der Waals surface area contributed by atoms with E-state index in [0.29, 0.717) is 0 Å². The van der Waals surface area contributed by atoms with Gasteiger partial charge in [0.1, 0.15) is 19.3 Å². The normalized spacial score (nSPS) is 12.8. The summed E-state index contributed by atoms with van der Waals surface area (Å²) in [7, 11) is 1.37. The number of hydrogen-bond acceptors (Lipinski definition) is 5. The zero-order chi connectivity index (χ0) is 23.1. The number of hydrogen-bond donors (Lipinski definition) is 2. The molecule has 2 N–H and O–H groups in total. The van der Waals surface area contributed by atoms with Crippen molar-refractivity contribution in [2.24, 2.45) is 0 Å². The lowest BCUT2D eigenvalue weighted by Gasteiger charge is -2.25. The van der Waals surface area contributed by atoms with Crippen LogP contribution in [0.15, 0.2) is 61.2 Å². The molecule has 0 heterocycles. The SMILES string of the molecule is C=CCOC(=O)NCC[C@@H](C(=O)O)N(C)C(=O)OCC1c2ccccc2-c2ccccc21. The third kappa shape index (κ3) is 5.08. The van der Waals surface area contributed by atoms with Crippen molar-refractivity contribution in [2.75, 3.05) is 26.8 Å². The van der Waals surface area contributed by atoms with E-state index in [0.717, 1.165) is 27.2 Å². The van der Waals surface area contributed by atoms with Gasteiger partial charge in [-0.25, -0.2) is 14.4 Å². The minimum absolute atomic E-state index is 0.000776. The Morgan fingerprint density at radius 2 is 1.69 bits per heavy atom. The standard InChI is InChI=1S/C24H26N2O6/c1-3-14-31-23(29)25-13-12-21(22(27)28)26(2)24(30)32-15-20-18-10-6-4-8-16(18)17-9-5-7-11-19(17)20/h3-11,20-21H,1,12-15H2,2H3,(H,25,29)(H,27,28)/t21-/m0/s1. The van der Waals surface area contributed by atoms with E-state index in [1.165, 1.54) is 13.1 Å². The molecule has 1 atom stereocenters. The van der Waals surface area contributed by atoms with Gasteiger partial charge in [0, 0.05) is 19.5 Å². The number of likely N-dealkylation sites (N-methyl/N-ethyl adjacent to an activating group) is 1. The second kappa shape index (κ2) is 10.5. The summed E-state index contributed by atoms with van der Waals surface area (Å²) in [4.78, 5) is 36.8. The van der Waals surface area contributed by atoms with Crippen molar-refractivity contribution in [3.05, 3.63) is 72.3 Å². The van der Waals surface area contributed by atoms with Crippen LogP contribution in [0.2, 0.25) is 0 Å². The number of rotatable bonds is 9. The summed E-state index contributed by atoms with van der Waals surface area (Å²) in [5, 5.41) is 12.0. The van der Waals surface area contributed by atoms with Gasteiger partial charge in [0.2, 0.25) is 0 Å². The molecule has 0 spiro atoms. The number of carbonyl (C=O) groups excluding carboxylic acids is 2. The Hall–Kier alpha value is -3.81. The first kappa shape index (κ1) is 22.9. The molecule has 2 aromatic carbocycles. The molecular formula is C24H26N2O6. The summed E-state index contributed by atoms with van der Waals surface area (Å²) in [5.41, 5.74) is 4.35. The quantitative estimate of drug-likeness (QED) is 0.580. The van der Waals surface area contributed by atoms with E-state index in [-0.39, 0.29) is 32.1 Å². The lowest BCUT2D eigenvalue weighted by molar-refractivity contribution is -0.142. The van der Waals surface area contributed by atoms with E-state index in [4.69, 9.17) is 9.47 Å². The Bertz CT molecular complexity index is 960. The van der Waals surface area contributed by atoms with Gasteiger partial charge in [0.05, 0.1) is 0 Å². The number of carboxylic acid groups (broad SMARTS) is 1. The fraction of sp³-hybridized carbons (Fsp3) is 0.292. The Morgan fingerprint density at radius 1 is 1.09 bits per heavy atom. The Balaban J connectivity index is 1.60. The predicted octanol–water partition coefficient (Wildman–Crippen LogP) is 3.62. The molecule has 0 radical (unpaired) electrons. The highest BCUT2D eigenvalue weighted by atomic mass is 16.6. The highest BCUT2D eigenvalue weighted by molar-refractivity contribution is 5.81. The van der Waals surface area contributed by atoms with E-state index in [9.17, 15) is 19.5 Å². The summed E-state index contributed by atoms with van der Waals surface area (Å²) in [6.45, 7) is 3.60. The van der Waals surface area contributed by atoms with Gasteiger partial charge < -0.3 is 19.9 Å². The number of nitrogens with zero attached hydrogens (tertiary/aromatic N) is 1. The van der Waals surface area contributed by atoms with Gasteiger partial charge in [0.25, 0.3) is 0 Å². The molecule has 0 saturated carbocycles. The minimum atomic E-state index is -1.19. The number of benzene rings is 2. The monoisotopic (exact) mass is 438 g/mol. The van der Waals surface area contributed by atoms with Crippen LogP contribution in [0.25, 0.3) is 11.1 Å². The smallest absolute Gasteiger partial charge is 0.410 e. The third-order valence-corrected chi connectivity index (χ3v) is 5.40. The molecule has 32 heavy (non-hydrogen) atoms. The van der Waals surface area contributed by atoms with Crippen LogP contribution in [0.3, 0.4) is 0 Å². The van der Waals surface area contributed by atoms with Crippen LogP contribution in [0, 0.1) is 0 Å². The highest BCUT2D eigenvalue weighted by Crippen LogP contribution is 2.44.